The summed E-state index contributed by atoms with van der Waals surface area (Å²) in [6, 6.07) is 12.3. The molecule has 27 heavy (non-hydrogen) atoms. The van der Waals surface area contributed by atoms with Crippen LogP contribution in [0.3, 0.4) is 0 Å². The molecule has 1 aliphatic carbocycles. The lowest BCUT2D eigenvalue weighted by molar-refractivity contribution is -0.121. The number of hydrogen-bond donors (Lipinski definition) is 1. The first kappa shape index (κ1) is 19.5. The van der Waals surface area contributed by atoms with Crippen molar-refractivity contribution in [3.63, 3.8) is 0 Å². The molecule has 0 unspecified atom stereocenters. The van der Waals surface area contributed by atoms with Crippen LogP contribution >= 0.6 is 0 Å². The average Bonchev–Trinajstić information content (AvgIpc) is 3.13. The molecule has 1 fully saturated rings. The predicted molar refractivity (Wildman–Crippen MR) is 102 cm³/mol. The van der Waals surface area contributed by atoms with Gasteiger partial charge in [0.05, 0.1) is 10.3 Å². The Morgan fingerprint density at radius 2 is 1.70 bits per heavy atom. The highest BCUT2D eigenvalue weighted by Crippen LogP contribution is 2.42. The van der Waals surface area contributed by atoms with Crippen molar-refractivity contribution in [2.45, 2.75) is 36.0 Å². The first-order valence-electron chi connectivity index (χ1n) is 8.86. The SMILES string of the molecule is CN(C)S(=O)(=O)c1ccc(NC(=O)C2(c3cccc(F)c3)CCCC2)cc1. The number of anilines is 1. The fourth-order valence-corrected chi connectivity index (χ4v) is 4.48. The summed E-state index contributed by atoms with van der Waals surface area (Å²) < 4.78 is 39.1. The third-order valence-corrected chi connectivity index (χ3v) is 6.99. The molecule has 1 aliphatic rings. The molecule has 7 heteroatoms. The summed E-state index contributed by atoms with van der Waals surface area (Å²) in [5.74, 6) is -0.543. The summed E-state index contributed by atoms with van der Waals surface area (Å²) in [4.78, 5) is 13.2. The monoisotopic (exact) mass is 390 g/mol. The lowest BCUT2D eigenvalue weighted by Crippen LogP contribution is -2.38. The maximum Gasteiger partial charge on any atom is 0.242 e. The van der Waals surface area contributed by atoms with Crippen LogP contribution in [0.25, 0.3) is 0 Å². The predicted octanol–water partition coefficient (Wildman–Crippen LogP) is 3.53. The topological polar surface area (TPSA) is 66.5 Å². The molecule has 0 spiro atoms. The molecule has 0 aromatic heterocycles. The van der Waals surface area contributed by atoms with Gasteiger partial charge in [0.1, 0.15) is 5.82 Å². The second-order valence-electron chi connectivity index (χ2n) is 7.07. The number of carbonyl (C=O) groups is 1. The van der Waals surface area contributed by atoms with Crippen LogP contribution in [0.2, 0.25) is 0 Å². The largest absolute Gasteiger partial charge is 0.325 e. The molecule has 3 rings (SSSR count). The molecular formula is C20H23FN2O3S. The summed E-state index contributed by atoms with van der Waals surface area (Å²) in [6.45, 7) is 0. The Kier molecular flexibility index (Phi) is 5.35. The van der Waals surface area contributed by atoms with Crippen molar-refractivity contribution in [1.29, 1.82) is 0 Å². The number of benzene rings is 2. The lowest BCUT2D eigenvalue weighted by atomic mass is 9.78. The van der Waals surface area contributed by atoms with Crippen LogP contribution in [0.15, 0.2) is 53.4 Å². The standard InChI is InChI=1S/C20H23FN2O3S/c1-23(2)27(25,26)18-10-8-17(9-11-18)22-19(24)20(12-3-4-13-20)15-6-5-7-16(21)14-15/h5-11,14H,3-4,12-13H2,1-2H3,(H,22,24). The quantitative estimate of drug-likeness (QED) is 0.849. The number of halogens is 1. The molecule has 0 aliphatic heterocycles. The molecule has 0 atom stereocenters. The summed E-state index contributed by atoms with van der Waals surface area (Å²) in [5, 5.41) is 2.88. The number of rotatable bonds is 5. The van der Waals surface area contributed by atoms with E-state index in [1.165, 1.54) is 38.4 Å². The maximum atomic E-state index is 13.7. The van der Waals surface area contributed by atoms with Gasteiger partial charge in [-0.3, -0.25) is 4.79 Å². The summed E-state index contributed by atoms with van der Waals surface area (Å²) in [5.41, 5.74) is 0.445. The van der Waals surface area contributed by atoms with E-state index in [9.17, 15) is 17.6 Å². The van der Waals surface area contributed by atoms with Crippen molar-refractivity contribution in [1.82, 2.24) is 4.31 Å². The van der Waals surface area contributed by atoms with E-state index < -0.39 is 15.4 Å². The van der Waals surface area contributed by atoms with E-state index >= 15 is 0 Å². The molecule has 0 bridgehead atoms. The third kappa shape index (κ3) is 3.75. The highest BCUT2D eigenvalue weighted by molar-refractivity contribution is 7.89. The van der Waals surface area contributed by atoms with E-state index in [1.54, 1.807) is 24.3 Å². The first-order chi connectivity index (χ1) is 12.8. The number of nitrogens with one attached hydrogen (secondary N) is 1. The number of amides is 1. The number of carbonyl (C=O) groups excluding carboxylic acids is 1. The van der Waals surface area contributed by atoms with Gasteiger partial charge < -0.3 is 5.32 Å². The van der Waals surface area contributed by atoms with Crippen molar-refractivity contribution < 1.29 is 17.6 Å². The summed E-state index contributed by atoms with van der Waals surface area (Å²) >= 11 is 0. The molecule has 144 valence electrons. The minimum Gasteiger partial charge on any atom is -0.325 e. The molecule has 5 nitrogen and oxygen atoms in total. The van der Waals surface area contributed by atoms with Gasteiger partial charge in [-0.25, -0.2) is 17.1 Å². The van der Waals surface area contributed by atoms with Crippen molar-refractivity contribution in [3.8, 4) is 0 Å². The Morgan fingerprint density at radius 1 is 1.07 bits per heavy atom. The Labute approximate surface area is 159 Å². The molecule has 2 aromatic rings. The number of sulfonamides is 1. The fourth-order valence-electron chi connectivity index (χ4n) is 3.58. The van der Waals surface area contributed by atoms with Gasteiger partial charge in [0.25, 0.3) is 0 Å². The van der Waals surface area contributed by atoms with E-state index in [1.807, 2.05) is 0 Å². The van der Waals surface area contributed by atoms with Crippen LogP contribution in [0.5, 0.6) is 0 Å². The Hall–Kier alpha value is -2.25. The van der Waals surface area contributed by atoms with Gasteiger partial charge in [-0.2, -0.15) is 0 Å². The highest BCUT2D eigenvalue weighted by Gasteiger charge is 2.42. The van der Waals surface area contributed by atoms with Crippen molar-refractivity contribution >= 4 is 21.6 Å². The summed E-state index contributed by atoms with van der Waals surface area (Å²) in [7, 11) is -0.586. The van der Waals surface area contributed by atoms with Gasteiger partial charge in [-0.05, 0) is 54.8 Å². The van der Waals surface area contributed by atoms with Crippen molar-refractivity contribution in [3.05, 3.63) is 59.9 Å². The van der Waals surface area contributed by atoms with Crippen LogP contribution in [-0.2, 0) is 20.2 Å². The van der Waals surface area contributed by atoms with Gasteiger partial charge >= 0.3 is 0 Å². The smallest absolute Gasteiger partial charge is 0.242 e. The van der Waals surface area contributed by atoms with E-state index in [4.69, 9.17) is 0 Å². The van der Waals surface area contributed by atoms with Crippen molar-refractivity contribution in [2.75, 3.05) is 19.4 Å². The van der Waals surface area contributed by atoms with Gasteiger partial charge in [0, 0.05) is 19.8 Å². The second kappa shape index (κ2) is 7.40. The summed E-state index contributed by atoms with van der Waals surface area (Å²) in [6.07, 6.45) is 3.14. The molecule has 0 radical (unpaired) electrons. The molecule has 0 saturated heterocycles. The van der Waals surface area contributed by atoms with E-state index in [0.29, 0.717) is 24.1 Å². The third-order valence-electron chi connectivity index (χ3n) is 5.16. The lowest BCUT2D eigenvalue weighted by Gasteiger charge is -2.28. The number of nitrogens with zero attached hydrogens (tertiary/aromatic N) is 1. The van der Waals surface area contributed by atoms with Gasteiger partial charge in [0.15, 0.2) is 0 Å². The van der Waals surface area contributed by atoms with Crippen LogP contribution in [0, 0.1) is 5.82 Å². The minimum atomic E-state index is -3.52. The van der Waals surface area contributed by atoms with Crippen LogP contribution < -0.4 is 5.32 Å². The minimum absolute atomic E-state index is 0.159. The first-order valence-corrected chi connectivity index (χ1v) is 10.3. The molecule has 1 amide bonds. The zero-order chi connectivity index (χ0) is 19.7. The van der Waals surface area contributed by atoms with Crippen LogP contribution in [0.4, 0.5) is 10.1 Å². The maximum absolute atomic E-state index is 13.7. The van der Waals surface area contributed by atoms with Gasteiger partial charge in [-0.15, -0.1) is 0 Å². The van der Waals surface area contributed by atoms with Gasteiger partial charge in [-0.1, -0.05) is 25.0 Å². The number of hydrogen-bond acceptors (Lipinski definition) is 3. The Morgan fingerprint density at radius 3 is 2.26 bits per heavy atom. The fraction of sp³-hybridized carbons (Fsp3) is 0.350. The molecule has 2 aromatic carbocycles. The van der Waals surface area contributed by atoms with Crippen molar-refractivity contribution in [2.24, 2.45) is 0 Å². The molecule has 0 heterocycles. The molecular weight excluding hydrogens is 367 g/mol. The van der Waals surface area contributed by atoms with Crippen LogP contribution in [0.1, 0.15) is 31.2 Å². The second-order valence-corrected chi connectivity index (χ2v) is 9.22. The average molecular weight is 390 g/mol. The van der Waals surface area contributed by atoms with E-state index in [-0.39, 0.29) is 16.6 Å². The Bertz CT molecular complexity index is 934. The molecule has 1 N–H and O–H groups in total. The zero-order valence-corrected chi connectivity index (χ0v) is 16.2. The van der Waals surface area contributed by atoms with E-state index in [0.717, 1.165) is 17.1 Å². The van der Waals surface area contributed by atoms with Gasteiger partial charge in [0.2, 0.25) is 15.9 Å². The molecule has 1 saturated carbocycles. The van der Waals surface area contributed by atoms with E-state index in [2.05, 4.69) is 5.32 Å². The zero-order valence-electron chi connectivity index (χ0n) is 15.4. The normalized spacial score (nSPS) is 16.4. The highest BCUT2D eigenvalue weighted by atomic mass is 32.2. The Balaban J connectivity index is 1.85. The van der Waals surface area contributed by atoms with Crippen LogP contribution in [-0.4, -0.2) is 32.7 Å².